The molecular formula is C30H40FN5O5. The van der Waals surface area contributed by atoms with Crippen molar-refractivity contribution in [1.29, 1.82) is 0 Å². The van der Waals surface area contributed by atoms with Crippen molar-refractivity contribution in [2.75, 3.05) is 6.54 Å². The summed E-state index contributed by atoms with van der Waals surface area (Å²) in [7, 11) is 0. The van der Waals surface area contributed by atoms with Crippen LogP contribution in [0.25, 0.3) is 0 Å². The van der Waals surface area contributed by atoms with E-state index in [-0.39, 0.29) is 30.4 Å². The summed E-state index contributed by atoms with van der Waals surface area (Å²) in [6.07, 6.45) is 1.31. The van der Waals surface area contributed by atoms with E-state index in [4.69, 9.17) is 11.5 Å². The lowest BCUT2D eigenvalue weighted by Gasteiger charge is -2.27. The number of phenols is 1. The van der Waals surface area contributed by atoms with Crippen LogP contribution < -0.4 is 27.4 Å². The topological polar surface area (TPSA) is 177 Å². The summed E-state index contributed by atoms with van der Waals surface area (Å²) < 4.78 is 14.4. The highest BCUT2D eigenvalue weighted by Gasteiger charge is 2.29. The summed E-state index contributed by atoms with van der Waals surface area (Å²) in [5.41, 5.74) is 12.6. The summed E-state index contributed by atoms with van der Waals surface area (Å²) in [5.74, 6) is -3.13. The van der Waals surface area contributed by atoms with Gasteiger partial charge in [0.15, 0.2) is 0 Å². The van der Waals surface area contributed by atoms with Crippen LogP contribution in [0.2, 0.25) is 0 Å². The number of rotatable bonds is 14. The third-order valence-corrected chi connectivity index (χ3v) is 6.09. The van der Waals surface area contributed by atoms with Crippen molar-refractivity contribution in [3.63, 3.8) is 0 Å². The fraction of sp³-hybridized carbons (Fsp3) is 0.400. The van der Waals surface area contributed by atoms with E-state index in [0.717, 1.165) is 17.2 Å². The van der Waals surface area contributed by atoms with E-state index in [0.29, 0.717) is 6.42 Å². The Balaban J connectivity index is 1.95. The van der Waals surface area contributed by atoms with Crippen LogP contribution in [0.5, 0.6) is 5.75 Å². The average Bonchev–Trinajstić information content (AvgIpc) is 2.90. The summed E-state index contributed by atoms with van der Waals surface area (Å²) in [4.78, 5) is 50.0. The fourth-order valence-electron chi connectivity index (χ4n) is 3.99. The van der Waals surface area contributed by atoms with Crippen LogP contribution in [0.15, 0.2) is 66.5 Å². The van der Waals surface area contributed by atoms with Crippen molar-refractivity contribution in [2.45, 2.75) is 64.6 Å². The summed E-state index contributed by atoms with van der Waals surface area (Å²) in [5, 5.41) is 17.0. The summed E-state index contributed by atoms with van der Waals surface area (Å²) in [6, 6.07) is 12.2. The Kier molecular flexibility index (Phi) is 12.5. The first kappa shape index (κ1) is 33.0. The first-order valence-electron chi connectivity index (χ1n) is 13.3. The van der Waals surface area contributed by atoms with E-state index in [9.17, 15) is 28.7 Å². The molecule has 0 heterocycles. The molecule has 4 amide bonds. The highest BCUT2D eigenvalue weighted by atomic mass is 19.1. The molecular weight excluding hydrogens is 529 g/mol. The molecule has 222 valence electrons. The minimum Gasteiger partial charge on any atom is -0.508 e. The Labute approximate surface area is 239 Å². The van der Waals surface area contributed by atoms with Gasteiger partial charge in [0.1, 0.15) is 23.7 Å². The van der Waals surface area contributed by atoms with E-state index in [2.05, 4.69) is 16.0 Å². The molecule has 0 aliphatic heterocycles. The lowest BCUT2D eigenvalue weighted by molar-refractivity contribution is -0.132. The molecule has 8 N–H and O–H groups in total. The molecule has 2 aromatic rings. The zero-order chi connectivity index (χ0) is 30.6. The first-order chi connectivity index (χ1) is 19.2. The molecule has 0 radical (unpaired) electrons. The third-order valence-electron chi connectivity index (χ3n) is 6.09. The average molecular weight is 570 g/mol. The third kappa shape index (κ3) is 12.6. The minimum atomic E-state index is -1.04. The monoisotopic (exact) mass is 569 g/mol. The molecule has 3 atom stereocenters. The van der Waals surface area contributed by atoms with Crippen LogP contribution in [0.3, 0.4) is 0 Å². The van der Waals surface area contributed by atoms with Crippen molar-refractivity contribution >= 4 is 23.6 Å². The van der Waals surface area contributed by atoms with Gasteiger partial charge in [-0.05, 0) is 47.6 Å². The van der Waals surface area contributed by atoms with Crippen molar-refractivity contribution in [2.24, 2.45) is 16.9 Å². The summed E-state index contributed by atoms with van der Waals surface area (Å²) >= 11 is 0. The molecule has 0 saturated heterocycles. The molecule has 0 aliphatic rings. The second kappa shape index (κ2) is 15.5. The molecule has 0 fully saturated rings. The number of carbonyl (C=O) groups excluding carboxylic acids is 4. The van der Waals surface area contributed by atoms with Gasteiger partial charge in [0.05, 0.1) is 12.6 Å². The lowest BCUT2D eigenvalue weighted by atomic mass is 9.87. The SMILES string of the molecule is CC(C)(C)C[C@H](NC(=O)[C@H](Cc1ccccc1)NC(=O)CNC(=O)C/C=C(\F)[C@@H](N)Cc1ccc(O)cc1)C(N)=O. The van der Waals surface area contributed by atoms with Crippen LogP contribution in [-0.2, 0) is 32.0 Å². The fourth-order valence-corrected chi connectivity index (χ4v) is 3.99. The summed E-state index contributed by atoms with van der Waals surface area (Å²) in [6.45, 7) is 5.27. The van der Waals surface area contributed by atoms with Gasteiger partial charge in [-0.25, -0.2) is 4.39 Å². The van der Waals surface area contributed by atoms with Crippen molar-refractivity contribution < 1.29 is 28.7 Å². The highest BCUT2D eigenvalue weighted by molar-refractivity contribution is 5.93. The molecule has 0 aromatic heterocycles. The number of nitrogens with one attached hydrogen (secondary N) is 3. The molecule has 10 nitrogen and oxygen atoms in total. The molecule has 0 unspecified atom stereocenters. The second-order valence-electron chi connectivity index (χ2n) is 11.1. The van der Waals surface area contributed by atoms with E-state index in [1.165, 1.54) is 12.1 Å². The van der Waals surface area contributed by atoms with E-state index < -0.39 is 54.1 Å². The largest absolute Gasteiger partial charge is 0.508 e. The normalized spacial score (nSPS) is 13.9. The number of amides is 4. The molecule has 0 bridgehead atoms. The van der Waals surface area contributed by atoms with E-state index in [1.807, 2.05) is 26.8 Å². The van der Waals surface area contributed by atoms with Crippen LogP contribution in [0.4, 0.5) is 4.39 Å². The van der Waals surface area contributed by atoms with Crippen LogP contribution in [0, 0.1) is 5.41 Å². The van der Waals surface area contributed by atoms with Gasteiger partial charge in [-0.2, -0.15) is 0 Å². The molecule has 0 saturated carbocycles. The van der Waals surface area contributed by atoms with Gasteiger partial charge >= 0.3 is 0 Å². The van der Waals surface area contributed by atoms with Gasteiger partial charge in [-0.3, -0.25) is 19.2 Å². The number of nitrogens with two attached hydrogens (primary N) is 2. The molecule has 0 aliphatic carbocycles. The lowest BCUT2D eigenvalue weighted by Crippen LogP contribution is -2.55. The Morgan fingerprint density at radius 1 is 0.902 bits per heavy atom. The van der Waals surface area contributed by atoms with Crippen molar-refractivity contribution in [3.05, 3.63) is 77.6 Å². The van der Waals surface area contributed by atoms with Crippen LogP contribution in [0.1, 0.15) is 44.7 Å². The second-order valence-corrected chi connectivity index (χ2v) is 11.1. The Hall–Kier alpha value is -4.25. The van der Waals surface area contributed by atoms with Gasteiger partial charge < -0.3 is 32.5 Å². The zero-order valence-electron chi connectivity index (χ0n) is 23.7. The number of hydrogen-bond acceptors (Lipinski definition) is 6. The Morgan fingerprint density at radius 3 is 2.10 bits per heavy atom. The van der Waals surface area contributed by atoms with Crippen LogP contribution in [-0.4, -0.2) is 53.4 Å². The molecule has 2 aromatic carbocycles. The van der Waals surface area contributed by atoms with Gasteiger partial charge in [-0.1, -0.05) is 63.2 Å². The van der Waals surface area contributed by atoms with E-state index in [1.54, 1.807) is 36.4 Å². The number of halogens is 1. The van der Waals surface area contributed by atoms with Gasteiger partial charge in [0.2, 0.25) is 23.6 Å². The standard InChI is InChI=1S/C30H40FN5O5/c1-30(2,3)17-25(28(33)40)36-29(41)24(16-19-7-5-4-6-8-19)35-27(39)18-34-26(38)14-13-22(31)23(32)15-20-9-11-21(37)12-10-20/h4-13,23-25,37H,14-18,32H2,1-3H3,(H2,33,40)(H,34,38)(H,35,39)(H,36,41)/b22-13-/t23-,24-,25-/m0/s1. The number of primary amides is 1. The molecule has 41 heavy (non-hydrogen) atoms. The van der Waals surface area contributed by atoms with E-state index >= 15 is 0 Å². The Morgan fingerprint density at radius 2 is 1.51 bits per heavy atom. The molecule has 2 rings (SSSR count). The minimum absolute atomic E-state index is 0.0847. The number of benzene rings is 2. The van der Waals surface area contributed by atoms with Crippen molar-refractivity contribution in [3.8, 4) is 5.75 Å². The maximum atomic E-state index is 14.4. The number of aromatic hydroxyl groups is 1. The zero-order valence-corrected chi connectivity index (χ0v) is 23.7. The first-order valence-corrected chi connectivity index (χ1v) is 13.3. The van der Waals surface area contributed by atoms with Gasteiger partial charge in [-0.15, -0.1) is 0 Å². The maximum absolute atomic E-state index is 14.4. The molecule has 0 spiro atoms. The number of phenolic OH excluding ortho intramolecular Hbond substituents is 1. The quantitative estimate of drug-likeness (QED) is 0.202. The van der Waals surface area contributed by atoms with Crippen LogP contribution >= 0.6 is 0 Å². The number of hydrogen-bond donors (Lipinski definition) is 6. The Bertz CT molecular complexity index is 1210. The van der Waals surface area contributed by atoms with Gasteiger partial charge in [0, 0.05) is 12.8 Å². The van der Waals surface area contributed by atoms with Gasteiger partial charge in [0.25, 0.3) is 0 Å². The maximum Gasteiger partial charge on any atom is 0.243 e. The predicted molar refractivity (Wildman–Crippen MR) is 154 cm³/mol. The van der Waals surface area contributed by atoms with Crippen molar-refractivity contribution in [1.82, 2.24) is 16.0 Å². The molecule has 11 heteroatoms. The highest BCUT2D eigenvalue weighted by Crippen LogP contribution is 2.21. The predicted octanol–water partition coefficient (Wildman–Crippen LogP) is 1.76. The smallest absolute Gasteiger partial charge is 0.243 e. The number of carbonyl (C=O) groups is 4.